The molecule has 3 N–H and O–H groups in total. The van der Waals surface area contributed by atoms with Gasteiger partial charge in [0.2, 0.25) is 0 Å². The zero-order valence-electron chi connectivity index (χ0n) is 17.7. The molecule has 3 nitrogen and oxygen atoms in total. The van der Waals surface area contributed by atoms with Crippen molar-refractivity contribution >= 4 is 5.69 Å². The molecule has 2 aromatic carbocycles. The predicted octanol–water partition coefficient (Wildman–Crippen LogP) is 6.46. The molecule has 11 heteroatoms. The summed E-state index contributed by atoms with van der Waals surface area (Å²) in [6, 6.07) is 8.32. The molecule has 2 unspecified atom stereocenters. The molecule has 1 aliphatic carbocycles. The summed E-state index contributed by atoms with van der Waals surface area (Å²) in [6.45, 7) is -1.30. The van der Waals surface area contributed by atoms with Gasteiger partial charge in [0, 0.05) is 23.5 Å². The number of phenolic OH excluding ortho intramolecular Hbond substituents is 1. The van der Waals surface area contributed by atoms with Gasteiger partial charge in [-0.25, -0.2) is 8.78 Å². The number of hydrogen-bond acceptors (Lipinski definition) is 3. The fourth-order valence-electron chi connectivity index (χ4n) is 3.79. The highest BCUT2D eigenvalue weighted by Crippen LogP contribution is 2.44. The van der Waals surface area contributed by atoms with E-state index in [1.54, 1.807) is 31.2 Å². The second kappa shape index (κ2) is 9.55. The predicted molar refractivity (Wildman–Crippen MR) is 110 cm³/mol. The monoisotopic (exact) mass is 492 g/mol. The van der Waals surface area contributed by atoms with Crippen molar-refractivity contribution in [2.75, 3.05) is 18.4 Å². The van der Waals surface area contributed by atoms with Gasteiger partial charge in [0.1, 0.15) is 30.5 Å². The summed E-state index contributed by atoms with van der Waals surface area (Å²) in [7, 11) is 0. The van der Waals surface area contributed by atoms with E-state index >= 15 is 0 Å². The van der Waals surface area contributed by atoms with Gasteiger partial charge in [-0.15, -0.1) is 0 Å². The Labute approximate surface area is 189 Å². The smallest absolute Gasteiger partial charge is 0.405 e. The first-order valence-corrected chi connectivity index (χ1v) is 10.0. The summed E-state index contributed by atoms with van der Waals surface area (Å²) in [5.74, 6) is -4.45. The second-order valence-corrected chi connectivity index (χ2v) is 7.83. The van der Waals surface area contributed by atoms with Crippen LogP contribution in [0.1, 0.15) is 22.6 Å². The van der Waals surface area contributed by atoms with Crippen molar-refractivity contribution in [2.45, 2.75) is 25.2 Å². The van der Waals surface area contributed by atoms with Crippen LogP contribution in [-0.2, 0) is 0 Å². The van der Waals surface area contributed by atoms with Gasteiger partial charge >= 0.3 is 12.4 Å². The van der Waals surface area contributed by atoms with Gasteiger partial charge in [0.05, 0.1) is 11.4 Å². The van der Waals surface area contributed by atoms with Crippen molar-refractivity contribution in [3.63, 3.8) is 0 Å². The number of allylic oxidation sites excluding steroid dienone is 3. The SMILES string of the molecule is Cc1ccccc1C(c1cc(F)c(NCC(F)(F)F)cc1O)C1C=C(F)C(NCC(F)(F)F)=C1. The van der Waals surface area contributed by atoms with E-state index in [1.807, 2.05) is 10.6 Å². The van der Waals surface area contributed by atoms with E-state index in [-0.39, 0.29) is 5.56 Å². The van der Waals surface area contributed by atoms with Gasteiger partial charge in [0.15, 0.2) is 0 Å². The van der Waals surface area contributed by atoms with Crippen LogP contribution < -0.4 is 10.6 Å². The fourth-order valence-corrected chi connectivity index (χ4v) is 3.79. The number of rotatable bonds is 7. The number of benzene rings is 2. The number of anilines is 1. The Morgan fingerprint density at radius 2 is 1.50 bits per heavy atom. The molecule has 0 radical (unpaired) electrons. The highest BCUT2D eigenvalue weighted by molar-refractivity contribution is 5.57. The van der Waals surface area contributed by atoms with Gasteiger partial charge in [-0.2, -0.15) is 26.3 Å². The number of hydrogen-bond donors (Lipinski definition) is 3. The maximum Gasteiger partial charge on any atom is 0.405 e. The molecule has 0 aliphatic heterocycles. The van der Waals surface area contributed by atoms with E-state index in [4.69, 9.17) is 0 Å². The lowest BCUT2D eigenvalue weighted by atomic mass is 9.79. The van der Waals surface area contributed by atoms with E-state index in [1.165, 1.54) is 6.08 Å². The van der Waals surface area contributed by atoms with E-state index in [0.717, 1.165) is 18.2 Å². The summed E-state index contributed by atoms with van der Waals surface area (Å²) in [5, 5.41) is 14.4. The molecule has 0 amide bonds. The summed E-state index contributed by atoms with van der Waals surface area (Å²) < 4.78 is 104. The molecule has 0 saturated carbocycles. The Balaban J connectivity index is 2.03. The number of phenols is 1. The van der Waals surface area contributed by atoms with E-state index in [9.17, 15) is 40.2 Å². The lowest BCUT2D eigenvalue weighted by molar-refractivity contribution is -0.123. The van der Waals surface area contributed by atoms with Gasteiger partial charge in [-0.1, -0.05) is 30.3 Å². The minimum Gasteiger partial charge on any atom is -0.508 e. The summed E-state index contributed by atoms with van der Waals surface area (Å²) in [5.41, 5.74) is 0.149. The maximum atomic E-state index is 14.7. The molecule has 0 heterocycles. The minimum absolute atomic E-state index is 0.0632. The molecular weight excluding hydrogens is 472 g/mol. The number of nitrogens with one attached hydrogen (secondary N) is 2. The molecule has 34 heavy (non-hydrogen) atoms. The first-order chi connectivity index (χ1) is 15.7. The number of halogens is 8. The lowest BCUT2D eigenvalue weighted by Crippen LogP contribution is -2.28. The number of aromatic hydroxyl groups is 1. The summed E-state index contributed by atoms with van der Waals surface area (Å²) >= 11 is 0. The molecule has 3 rings (SSSR count). The molecule has 0 fully saturated rings. The van der Waals surface area contributed by atoms with Crippen LogP contribution in [-0.4, -0.2) is 30.5 Å². The third-order valence-corrected chi connectivity index (χ3v) is 5.27. The topological polar surface area (TPSA) is 44.3 Å². The quantitative estimate of drug-likeness (QED) is 0.389. The number of alkyl halides is 6. The van der Waals surface area contributed by atoms with Crippen molar-refractivity contribution in [1.29, 1.82) is 0 Å². The van der Waals surface area contributed by atoms with Crippen molar-refractivity contribution < 1.29 is 40.2 Å². The Kier molecular flexibility index (Phi) is 7.13. The van der Waals surface area contributed by atoms with Crippen LogP contribution >= 0.6 is 0 Å². The minimum atomic E-state index is -4.62. The average Bonchev–Trinajstić information content (AvgIpc) is 3.08. The fraction of sp³-hybridized carbons (Fsp3) is 0.304. The van der Waals surface area contributed by atoms with Crippen LogP contribution in [0.25, 0.3) is 0 Å². The molecule has 0 saturated heterocycles. The molecule has 1 aliphatic rings. The zero-order valence-corrected chi connectivity index (χ0v) is 17.7. The maximum absolute atomic E-state index is 14.7. The Bertz CT molecular complexity index is 1110. The number of aryl methyl sites for hydroxylation is 1. The first kappa shape index (κ1) is 25.4. The van der Waals surface area contributed by atoms with Crippen molar-refractivity contribution in [2.24, 2.45) is 5.92 Å². The lowest BCUT2D eigenvalue weighted by Gasteiger charge is -2.25. The Morgan fingerprint density at radius 1 is 0.882 bits per heavy atom. The Hall–Kier alpha value is -3.24. The molecule has 0 bridgehead atoms. The highest BCUT2D eigenvalue weighted by Gasteiger charge is 2.34. The van der Waals surface area contributed by atoms with Crippen LogP contribution in [0.5, 0.6) is 5.75 Å². The summed E-state index contributed by atoms with van der Waals surface area (Å²) in [4.78, 5) is 0. The molecule has 2 atom stereocenters. The normalized spacial score (nSPS) is 17.3. The van der Waals surface area contributed by atoms with Crippen LogP contribution in [0.4, 0.5) is 40.8 Å². The van der Waals surface area contributed by atoms with Crippen molar-refractivity contribution in [1.82, 2.24) is 5.32 Å². The van der Waals surface area contributed by atoms with E-state index in [2.05, 4.69) is 0 Å². The van der Waals surface area contributed by atoms with E-state index < -0.39 is 66.1 Å². The zero-order chi connectivity index (χ0) is 25.3. The van der Waals surface area contributed by atoms with Gasteiger partial charge in [-0.3, -0.25) is 0 Å². The van der Waals surface area contributed by atoms with Gasteiger partial charge in [-0.05, 0) is 30.2 Å². The summed E-state index contributed by atoms with van der Waals surface area (Å²) in [6.07, 6.45) is -6.97. The largest absolute Gasteiger partial charge is 0.508 e. The van der Waals surface area contributed by atoms with Gasteiger partial charge in [0.25, 0.3) is 0 Å². The molecule has 2 aromatic rings. The van der Waals surface area contributed by atoms with Crippen LogP contribution in [0, 0.1) is 18.7 Å². The Morgan fingerprint density at radius 3 is 2.12 bits per heavy atom. The van der Waals surface area contributed by atoms with Crippen molar-refractivity contribution in [3.05, 3.63) is 82.6 Å². The molecule has 184 valence electrons. The van der Waals surface area contributed by atoms with Gasteiger partial charge < -0.3 is 15.7 Å². The third-order valence-electron chi connectivity index (χ3n) is 5.27. The molecule has 0 spiro atoms. The first-order valence-electron chi connectivity index (χ1n) is 10.0. The molecular formula is C23H20F8N2O. The van der Waals surface area contributed by atoms with Crippen LogP contribution in [0.2, 0.25) is 0 Å². The van der Waals surface area contributed by atoms with E-state index in [0.29, 0.717) is 11.1 Å². The van der Waals surface area contributed by atoms with Crippen LogP contribution in [0.3, 0.4) is 0 Å². The van der Waals surface area contributed by atoms with Crippen molar-refractivity contribution in [3.8, 4) is 5.75 Å². The highest BCUT2D eigenvalue weighted by atomic mass is 19.4. The van der Waals surface area contributed by atoms with Crippen LogP contribution in [0.15, 0.2) is 60.1 Å². The third kappa shape index (κ3) is 6.21. The average molecular weight is 492 g/mol. The standard InChI is InChI=1S/C23H20F8N2O/c1-12-4-2-3-5-14(12)21(13-6-16(24)18(7-13)32-10-22(26,27)28)15-8-17(25)19(9-20(15)34)33-11-23(29,30)31/h2-9,13,21,32-34H,10-11H2,1H3. The molecule has 0 aromatic heterocycles. The second-order valence-electron chi connectivity index (χ2n) is 7.83.